The average molecular weight is 1140 g/mol. The molecule has 2 amide bonds. The summed E-state index contributed by atoms with van der Waals surface area (Å²) in [5.41, 5.74) is 5.45. The quantitative estimate of drug-likeness (QED) is 0.0540. The number of phenolic OH excluding ortho intramolecular Hbond substituents is 1. The number of hydrogen-bond donors (Lipinski definition) is 2. The van der Waals surface area contributed by atoms with E-state index < -0.39 is 23.9 Å². The van der Waals surface area contributed by atoms with Crippen LogP contribution in [0, 0.1) is 18.7 Å². The van der Waals surface area contributed by atoms with Crippen LogP contribution in [0.1, 0.15) is 82.2 Å². The third-order valence-electron chi connectivity index (χ3n) is 15.7. The molecule has 3 aliphatic heterocycles. The smallest absolute Gasteiger partial charge is 0.319 e. The second-order valence-corrected chi connectivity index (χ2v) is 23.1. The Hall–Kier alpha value is -7.03. The molecule has 20 heteroatoms. The van der Waals surface area contributed by atoms with Gasteiger partial charge in [-0.3, -0.25) is 19.3 Å². The van der Waals surface area contributed by atoms with Crippen LogP contribution in [0.5, 0.6) is 17.6 Å². The first-order valence-corrected chi connectivity index (χ1v) is 29.0. The number of β-amino-alcohol motifs (C(OH)–C–C–N with tert-alkyl or cyclic N) is 1. The van der Waals surface area contributed by atoms with Gasteiger partial charge in [-0.1, -0.05) is 87.5 Å². The summed E-state index contributed by atoms with van der Waals surface area (Å²) in [6.07, 6.45) is 2.01. The number of aryl methyl sites for hydroxylation is 1. The number of thiazole rings is 1. The molecule has 17 nitrogen and oxygen atoms in total. The highest BCUT2D eigenvalue weighted by Crippen LogP contribution is 2.43. The topological polar surface area (TPSA) is 197 Å². The summed E-state index contributed by atoms with van der Waals surface area (Å²) >= 11 is 8.53. The Bertz CT molecular complexity index is 3420. The van der Waals surface area contributed by atoms with Gasteiger partial charge in [0.05, 0.1) is 46.0 Å². The van der Waals surface area contributed by atoms with E-state index in [2.05, 4.69) is 38.7 Å². The Kier molecular flexibility index (Phi) is 17.7. The number of aliphatic hydroxyl groups excluding tert-OH is 1. The monoisotopic (exact) mass is 1140 g/mol. The van der Waals surface area contributed by atoms with Gasteiger partial charge in [-0.25, -0.2) is 9.37 Å². The minimum atomic E-state index is -0.820. The number of carbonyl (C=O) groups is 3. The van der Waals surface area contributed by atoms with E-state index in [0.29, 0.717) is 67.2 Å². The van der Waals surface area contributed by atoms with Gasteiger partial charge in [0, 0.05) is 82.2 Å². The summed E-state index contributed by atoms with van der Waals surface area (Å²) < 4.78 is 41.5. The number of aromatic nitrogens is 4. The molecule has 0 unspecified atom stereocenters. The molecule has 3 saturated heterocycles. The molecule has 3 aromatic heterocycles. The number of carbonyl (C=O) groups excluding carboxylic acids is 3. The second-order valence-electron chi connectivity index (χ2n) is 21.8. The molecule has 0 saturated carbocycles. The number of rotatable bonds is 20. The number of phenols is 1. The highest BCUT2D eigenvalue weighted by molar-refractivity contribution is 7.13. The number of piperidine rings is 1. The van der Waals surface area contributed by atoms with Crippen LogP contribution in [0.3, 0.4) is 0 Å². The number of ketones is 1. The Labute approximate surface area is 479 Å². The molecule has 5 atom stereocenters. The van der Waals surface area contributed by atoms with E-state index in [-0.39, 0.29) is 101 Å². The Balaban J connectivity index is 0.722. The van der Waals surface area contributed by atoms with Gasteiger partial charge in [0.2, 0.25) is 11.8 Å². The van der Waals surface area contributed by atoms with Crippen molar-refractivity contribution in [1.82, 2.24) is 34.8 Å². The first kappa shape index (κ1) is 57.2. The van der Waals surface area contributed by atoms with E-state index in [0.717, 1.165) is 53.0 Å². The van der Waals surface area contributed by atoms with Crippen molar-refractivity contribution in [3.05, 3.63) is 119 Å². The number of hydrogen-bond acceptors (Lipinski definition) is 16. The van der Waals surface area contributed by atoms with Gasteiger partial charge in [-0.05, 0) is 95.4 Å². The third-order valence-corrected chi connectivity index (χ3v) is 17.0. The number of piperazine rings is 1. The molecule has 0 radical (unpaired) electrons. The summed E-state index contributed by atoms with van der Waals surface area (Å²) in [7, 11) is 0. The van der Waals surface area contributed by atoms with Crippen LogP contribution in [0.4, 0.5) is 10.2 Å². The van der Waals surface area contributed by atoms with Crippen LogP contribution in [-0.2, 0) is 19.1 Å². The lowest BCUT2D eigenvalue weighted by atomic mass is 9.89. The minimum Gasteiger partial charge on any atom is -0.508 e. The Morgan fingerprint density at radius 3 is 2.42 bits per heavy atom. The standard InChI is InChI=1S/C61H68ClFN8O9S/c1-7-53(75)69-20-22-70(23-21-69)59-47-30-48(62)55(46-28-42(72)27-41-10-8-9-11-45(41)46)56(63)57(47)65-61(66-59)79-37(5)32-68-18-16-44(17-19-68)77-24-25-78-52-31-51(80-67-52)54(35(2)3)60(76)71-33-43(73)29-49(71)50(74)26-36(4)39-12-14-40(15-13-39)58-38(6)64-34-81-58/h7-15,27-28,30-31,34-37,43-44,49,54,72-73H,1,16-26,29,32-33H2,2-6H3/t36-,37-,43-,49+,54-/m1/s1. The molecule has 3 aliphatic rings. The lowest BCUT2D eigenvalue weighted by Crippen LogP contribution is -2.48. The van der Waals surface area contributed by atoms with Crippen molar-refractivity contribution in [3.63, 3.8) is 0 Å². The van der Waals surface area contributed by atoms with Crippen molar-refractivity contribution >= 4 is 68.0 Å². The summed E-state index contributed by atoms with van der Waals surface area (Å²) in [6.45, 7) is 17.6. The van der Waals surface area contributed by atoms with Crippen LogP contribution < -0.4 is 14.4 Å². The highest BCUT2D eigenvalue weighted by Gasteiger charge is 2.43. The number of likely N-dealkylation sites (tertiary alicyclic amines) is 2. The fourth-order valence-electron chi connectivity index (χ4n) is 11.5. The van der Waals surface area contributed by atoms with Gasteiger partial charge in [-0.2, -0.15) is 9.97 Å². The highest BCUT2D eigenvalue weighted by atomic mass is 35.5. The molecule has 0 aliphatic carbocycles. The van der Waals surface area contributed by atoms with Gasteiger partial charge in [0.15, 0.2) is 17.4 Å². The number of nitrogens with zero attached hydrogens (tertiary/aromatic N) is 8. The van der Waals surface area contributed by atoms with Crippen LogP contribution in [0.2, 0.25) is 5.02 Å². The van der Waals surface area contributed by atoms with Crippen LogP contribution in [-0.4, -0.2) is 153 Å². The first-order chi connectivity index (χ1) is 39.0. The van der Waals surface area contributed by atoms with Crippen molar-refractivity contribution in [1.29, 1.82) is 0 Å². The maximum absolute atomic E-state index is 17.2. The first-order valence-electron chi connectivity index (χ1n) is 27.7. The predicted octanol–water partition coefficient (Wildman–Crippen LogP) is 9.99. The normalized spacial score (nSPS) is 18.4. The number of amides is 2. The zero-order valence-corrected chi connectivity index (χ0v) is 47.8. The van der Waals surface area contributed by atoms with E-state index in [4.69, 9.17) is 35.3 Å². The number of halogens is 2. The number of aliphatic hydroxyl groups is 1. The van der Waals surface area contributed by atoms with E-state index in [1.807, 2.05) is 81.4 Å². The lowest BCUT2D eigenvalue weighted by Gasteiger charge is -2.35. The Morgan fingerprint density at radius 2 is 1.70 bits per heavy atom. The lowest BCUT2D eigenvalue weighted by molar-refractivity contribution is -0.140. The van der Waals surface area contributed by atoms with Gasteiger partial charge in [0.1, 0.15) is 35.7 Å². The van der Waals surface area contributed by atoms with Gasteiger partial charge < -0.3 is 43.6 Å². The number of Topliss-reactive ketones (excluding diaryl/α,β-unsaturated/α-hetero) is 1. The molecule has 7 aromatic rings. The zero-order valence-electron chi connectivity index (χ0n) is 46.2. The molecule has 2 N–H and O–H groups in total. The maximum atomic E-state index is 17.2. The number of benzene rings is 4. The van der Waals surface area contributed by atoms with Crippen molar-refractivity contribution in [2.24, 2.45) is 5.92 Å². The summed E-state index contributed by atoms with van der Waals surface area (Å²) in [5, 5.41) is 27.5. The van der Waals surface area contributed by atoms with E-state index in [1.165, 1.54) is 17.0 Å². The van der Waals surface area contributed by atoms with Gasteiger partial charge >= 0.3 is 6.01 Å². The number of aromatic hydroxyl groups is 1. The van der Waals surface area contributed by atoms with E-state index >= 15 is 4.39 Å². The largest absolute Gasteiger partial charge is 0.508 e. The van der Waals surface area contributed by atoms with E-state index in [9.17, 15) is 24.6 Å². The minimum absolute atomic E-state index is 0.000419. The molecule has 4 aromatic carbocycles. The molecule has 0 bridgehead atoms. The molecule has 81 heavy (non-hydrogen) atoms. The predicted molar refractivity (Wildman–Crippen MR) is 310 cm³/mol. The number of anilines is 1. The Morgan fingerprint density at radius 1 is 0.951 bits per heavy atom. The van der Waals surface area contributed by atoms with Crippen LogP contribution >= 0.6 is 22.9 Å². The molecular formula is C61H68ClFN8O9S. The summed E-state index contributed by atoms with van der Waals surface area (Å²) in [4.78, 5) is 63.1. The molecule has 426 valence electrons. The molecule has 10 rings (SSSR count). The average Bonchev–Trinajstić information content (AvgIpc) is 4.28. The molecule has 6 heterocycles. The number of fused-ring (bicyclic) bond motifs is 2. The summed E-state index contributed by atoms with van der Waals surface area (Å²) in [6, 6.07) is 21.2. The van der Waals surface area contributed by atoms with Crippen LogP contribution in [0.25, 0.3) is 43.2 Å². The van der Waals surface area contributed by atoms with Gasteiger partial charge in [0.25, 0.3) is 5.88 Å². The van der Waals surface area contributed by atoms with E-state index in [1.54, 1.807) is 34.4 Å². The molecule has 0 spiro atoms. The van der Waals surface area contributed by atoms with Crippen LogP contribution in [0.15, 0.2) is 95.5 Å². The molecular weight excluding hydrogens is 1080 g/mol. The van der Waals surface area contributed by atoms with Crippen molar-refractivity contribution in [2.45, 2.75) is 96.5 Å². The zero-order chi connectivity index (χ0) is 57.1. The second kappa shape index (κ2) is 25.0. The fourth-order valence-corrected chi connectivity index (χ4v) is 12.6. The van der Waals surface area contributed by atoms with Crippen molar-refractivity contribution in [2.75, 3.05) is 70.5 Å². The van der Waals surface area contributed by atoms with Crippen molar-refractivity contribution in [3.8, 4) is 39.2 Å². The third kappa shape index (κ3) is 12.7. The van der Waals surface area contributed by atoms with Gasteiger partial charge in [-0.15, -0.1) is 11.3 Å². The number of ether oxygens (including phenoxy) is 3. The molecule has 3 fully saturated rings. The summed E-state index contributed by atoms with van der Waals surface area (Å²) in [5.74, 6) is -1.34. The maximum Gasteiger partial charge on any atom is 0.319 e. The fraction of sp³-hybridized carbons (Fsp3) is 0.426. The SMILES string of the molecule is C=CC(=O)N1CCN(c2nc(O[C@H](C)CN3CCC(OCCOc4cc([C@H](C(=O)N5C[C@H](O)C[C@H]5C(=O)C[C@@H](C)c5ccc(-c6scnc6C)cc5)C(C)C)on4)CC3)nc3c(F)c(-c4cc(O)cc5ccccc45)c(Cl)cc23)CC1. The van der Waals surface area contributed by atoms with Crippen molar-refractivity contribution < 1.29 is 47.7 Å².